The van der Waals surface area contributed by atoms with Crippen LogP contribution in [-0.2, 0) is 16.1 Å². The Bertz CT molecular complexity index is 357. The molecule has 0 aromatic heterocycles. The van der Waals surface area contributed by atoms with E-state index in [4.69, 9.17) is 16.3 Å². The van der Waals surface area contributed by atoms with Crippen LogP contribution in [0, 0.1) is 0 Å². The number of carbonyl (C=O) groups excluding carboxylic acids is 1. The largest absolute Gasteiger partial charge is 0.389 e. The smallest absolute Gasteiger partial charge is 0.237 e. The zero-order chi connectivity index (χ0) is 13.4. The summed E-state index contributed by atoms with van der Waals surface area (Å²) in [4.78, 5) is 11.1. The molecule has 1 aromatic rings. The first kappa shape index (κ1) is 15.0. The predicted molar refractivity (Wildman–Crippen MR) is 70.4 cm³/mol. The van der Waals surface area contributed by atoms with E-state index < -0.39 is 11.5 Å². The van der Waals surface area contributed by atoms with Gasteiger partial charge in [0, 0.05) is 6.54 Å². The summed E-state index contributed by atoms with van der Waals surface area (Å²) in [5.41, 5.74) is 1.04. The lowest BCUT2D eigenvalue weighted by atomic mass is 10.2. The van der Waals surface area contributed by atoms with Crippen LogP contribution in [0.3, 0.4) is 0 Å². The maximum Gasteiger partial charge on any atom is 0.237 e. The molecule has 0 aliphatic rings. The Balaban J connectivity index is 2.14. The molecule has 0 fully saturated rings. The van der Waals surface area contributed by atoms with Gasteiger partial charge in [-0.25, -0.2) is 0 Å². The Morgan fingerprint density at radius 3 is 2.72 bits per heavy atom. The van der Waals surface area contributed by atoms with Gasteiger partial charge in [0.2, 0.25) is 5.91 Å². The van der Waals surface area contributed by atoms with Crippen molar-refractivity contribution >= 4 is 17.5 Å². The molecule has 1 rings (SSSR count). The molecule has 18 heavy (non-hydrogen) atoms. The standard InChI is InChI=1S/C13H18ClNO3/c1-10(14)13(17)15-7-12(16)9-18-8-11-5-3-2-4-6-11/h2-6,10,12,16H,7-9H2,1H3,(H,15,17)/t10?,12-/m1/s1. The number of hydrogen-bond acceptors (Lipinski definition) is 3. The van der Waals surface area contributed by atoms with Crippen molar-refractivity contribution in [2.45, 2.75) is 25.0 Å². The monoisotopic (exact) mass is 271 g/mol. The Hall–Kier alpha value is -1.10. The van der Waals surface area contributed by atoms with Crippen molar-refractivity contribution in [3.8, 4) is 0 Å². The SMILES string of the molecule is CC(Cl)C(=O)NC[C@@H](O)COCc1ccccc1. The van der Waals surface area contributed by atoms with Crippen LogP contribution in [0.4, 0.5) is 0 Å². The molecule has 1 unspecified atom stereocenters. The summed E-state index contributed by atoms with van der Waals surface area (Å²) >= 11 is 5.57. The number of ether oxygens (including phenoxy) is 1. The molecular formula is C13H18ClNO3. The van der Waals surface area contributed by atoms with E-state index in [0.717, 1.165) is 5.56 Å². The number of halogens is 1. The van der Waals surface area contributed by atoms with Crippen molar-refractivity contribution in [1.82, 2.24) is 5.32 Å². The lowest BCUT2D eigenvalue weighted by Crippen LogP contribution is -2.37. The van der Waals surface area contributed by atoms with Gasteiger partial charge in [-0.2, -0.15) is 0 Å². The van der Waals surface area contributed by atoms with E-state index in [1.54, 1.807) is 6.92 Å². The number of amides is 1. The van der Waals surface area contributed by atoms with Gasteiger partial charge in [0.25, 0.3) is 0 Å². The van der Waals surface area contributed by atoms with E-state index in [0.29, 0.717) is 6.61 Å². The van der Waals surface area contributed by atoms with Crippen LogP contribution >= 0.6 is 11.6 Å². The summed E-state index contributed by atoms with van der Waals surface area (Å²) in [5.74, 6) is -0.293. The number of aliphatic hydroxyl groups is 1. The lowest BCUT2D eigenvalue weighted by molar-refractivity contribution is -0.121. The van der Waals surface area contributed by atoms with Gasteiger partial charge in [0.05, 0.1) is 19.3 Å². The number of hydrogen-bond donors (Lipinski definition) is 2. The van der Waals surface area contributed by atoms with Gasteiger partial charge in [-0.3, -0.25) is 4.79 Å². The molecule has 1 amide bonds. The number of aliphatic hydroxyl groups excluding tert-OH is 1. The molecule has 0 bridgehead atoms. The zero-order valence-corrected chi connectivity index (χ0v) is 11.1. The molecule has 0 aliphatic heterocycles. The Morgan fingerprint density at radius 1 is 1.44 bits per heavy atom. The van der Waals surface area contributed by atoms with E-state index in [9.17, 15) is 9.90 Å². The van der Waals surface area contributed by atoms with Crippen molar-refractivity contribution in [2.75, 3.05) is 13.2 Å². The number of alkyl halides is 1. The highest BCUT2D eigenvalue weighted by molar-refractivity contribution is 6.30. The molecule has 5 heteroatoms. The average molecular weight is 272 g/mol. The van der Waals surface area contributed by atoms with E-state index in [2.05, 4.69) is 5.32 Å². The van der Waals surface area contributed by atoms with Gasteiger partial charge in [0.15, 0.2) is 0 Å². The Labute approximate surface area is 112 Å². The minimum absolute atomic E-state index is 0.144. The van der Waals surface area contributed by atoms with Crippen molar-refractivity contribution in [1.29, 1.82) is 0 Å². The molecule has 0 aliphatic carbocycles. The molecule has 0 spiro atoms. The third-order valence-electron chi connectivity index (χ3n) is 2.29. The Morgan fingerprint density at radius 2 is 2.11 bits per heavy atom. The van der Waals surface area contributed by atoms with Crippen LogP contribution in [0.25, 0.3) is 0 Å². The molecule has 0 saturated heterocycles. The van der Waals surface area contributed by atoms with Gasteiger partial charge in [-0.15, -0.1) is 11.6 Å². The summed E-state index contributed by atoms with van der Waals surface area (Å²) in [5, 5.41) is 11.5. The fraction of sp³-hybridized carbons (Fsp3) is 0.462. The fourth-order valence-corrected chi connectivity index (χ4v) is 1.38. The van der Waals surface area contributed by atoms with Crippen molar-refractivity contribution in [2.24, 2.45) is 0 Å². The van der Waals surface area contributed by atoms with Gasteiger partial charge >= 0.3 is 0 Å². The van der Waals surface area contributed by atoms with E-state index >= 15 is 0 Å². The number of carbonyl (C=O) groups is 1. The van der Waals surface area contributed by atoms with Crippen molar-refractivity contribution in [3.63, 3.8) is 0 Å². The van der Waals surface area contributed by atoms with Crippen molar-refractivity contribution < 1.29 is 14.6 Å². The second-order valence-corrected chi connectivity index (χ2v) is 4.67. The summed E-state index contributed by atoms with van der Waals surface area (Å²) in [7, 11) is 0. The second-order valence-electron chi connectivity index (χ2n) is 4.02. The van der Waals surface area contributed by atoms with Crippen LogP contribution in [-0.4, -0.2) is 35.6 Å². The minimum Gasteiger partial charge on any atom is -0.389 e. The molecule has 0 heterocycles. The van der Waals surface area contributed by atoms with Crippen molar-refractivity contribution in [3.05, 3.63) is 35.9 Å². The minimum atomic E-state index is -0.729. The molecule has 100 valence electrons. The first-order chi connectivity index (χ1) is 8.59. The van der Waals surface area contributed by atoms with Crippen LogP contribution in [0.1, 0.15) is 12.5 Å². The number of nitrogens with one attached hydrogen (secondary N) is 1. The highest BCUT2D eigenvalue weighted by Crippen LogP contribution is 2.01. The highest BCUT2D eigenvalue weighted by atomic mass is 35.5. The maximum absolute atomic E-state index is 11.1. The summed E-state index contributed by atoms with van der Waals surface area (Å²) in [6, 6.07) is 9.68. The molecular weight excluding hydrogens is 254 g/mol. The zero-order valence-electron chi connectivity index (χ0n) is 10.3. The lowest BCUT2D eigenvalue weighted by Gasteiger charge is -2.13. The van der Waals surface area contributed by atoms with Crippen LogP contribution < -0.4 is 5.32 Å². The van der Waals surface area contributed by atoms with Crippen LogP contribution in [0.5, 0.6) is 0 Å². The molecule has 1 aromatic carbocycles. The van der Waals surface area contributed by atoms with E-state index in [1.165, 1.54) is 0 Å². The predicted octanol–water partition coefficient (Wildman–Crippen LogP) is 1.31. The van der Waals surface area contributed by atoms with Gasteiger partial charge in [-0.05, 0) is 12.5 Å². The van der Waals surface area contributed by atoms with Gasteiger partial charge < -0.3 is 15.2 Å². The summed E-state index contributed by atoms with van der Waals surface area (Å²) < 4.78 is 5.34. The molecule has 2 N–H and O–H groups in total. The average Bonchev–Trinajstić information content (AvgIpc) is 2.37. The summed E-state index contributed by atoms with van der Waals surface area (Å²) in [6.07, 6.45) is -0.729. The van der Waals surface area contributed by atoms with Crippen LogP contribution in [0.2, 0.25) is 0 Å². The van der Waals surface area contributed by atoms with Gasteiger partial charge in [0.1, 0.15) is 5.38 Å². The van der Waals surface area contributed by atoms with E-state index in [-0.39, 0.29) is 19.1 Å². The number of benzene rings is 1. The second kappa shape index (κ2) is 8.08. The highest BCUT2D eigenvalue weighted by Gasteiger charge is 2.11. The quantitative estimate of drug-likeness (QED) is 0.735. The maximum atomic E-state index is 11.1. The van der Waals surface area contributed by atoms with Crippen LogP contribution in [0.15, 0.2) is 30.3 Å². The first-order valence-corrected chi connectivity index (χ1v) is 6.24. The third kappa shape index (κ3) is 6.00. The summed E-state index contributed by atoms with van der Waals surface area (Å²) in [6.45, 7) is 2.34. The first-order valence-electron chi connectivity index (χ1n) is 5.81. The fourth-order valence-electron chi connectivity index (χ4n) is 1.31. The Kier molecular flexibility index (Phi) is 6.72. The molecule has 2 atom stereocenters. The molecule has 0 saturated carbocycles. The third-order valence-corrected chi connectivity index (χ3v) is 2.49. The van der Waals surface area contributed by atoms with E-state index in [1.807, 2.05) is 30.3 Å². The topological polar surface area (TPSA) is 58.6 Å². The number of rotatable bonds is 7. The van der Waals surface area contributed by atoms with Gasteiger partial charge in [-0.1, -0.05) is 30.3 Å². The normalized spacial score (nSPS) is 13.9. The molecule has 0 radical (unpaired) electrons. The molecule has 4 nitrogen and oxygen atoms in total.